The topological polar surface area (TPSA) is 21.7 Å². The average molecular weight is 284 g/mol. The molecule has 1 aliphatic heterocycles. The van der Waals surface area contributed by atoms with Crippen LogP contribution in [-0.2, 0) is 11.3 Å². The van der Waals surface area contributed by atoms with Crippen molar-refractivity contribution in [2.45, 2.75) is 25.5 Å². The summed E-state index contributed by atoms with van der Waals surface area (Å²) in [6.07, 6.45) is 2.56. The lowest BCUT2D eigenvalue weighted by atomic mass is 10.1. The smallest absolute Gasteiger partial charge is 0.123 e. The van der Waals surface area contributed by atoms with Gasteiger partial charge in [0.25, 0.3) is 0 Å². The van der Waals surface area contributed by atoms with Crippen molar-refractivity contribution in [2.24, 2.45) is 0 Å². The molecule has 2 rings (SSSR count). The van der Waals surface area contributed by atoms with Crippen LogP contribution in [0.25, 0.3) is 0 Å². The molecule has 0 atom stereocenters. The first-order valence-corrected chi connectivity index (χ1v) is 7.38. The Hall–Kier alpha value is -0.770. The van der Waals surface area contributed by atoms with Crippen molar-refractivity contribution < 1.29 is 9.47 Å². The van der Waals surface area contributed by atoms with Gasteiger partial charge in [0.05, 0.1) is 19.8 Å². The Morgan fingerprint density at radius 1 is 1.26 bits per heavy atom. The highest BCUT2D eigenvalue weighted by Gasteiger charge is 2.20. The van der Waals surface area contributed by atoms with Gasteiger partial charge in [0.2, 0.25) is 0 Å². The van der Waals surface area contributed by atoms with E-state index in [1.54, 1.807) is 7.11 Å². The van der Waals surface area contributed by atoms with Gasteiger partial charge < -0.3 is 9.47 Å². The van der Waals surface area contributed by atoms with E-state index in [1.165, 1.54) is 5.56 Å². The summed E-state index contributed by atoms with van der Waals surface area (Å²) in [5.41, 5.74) is 1.25. The second-order valence-electron chi connectivity index (χ2n) is 4.85. The normalized spacial score (nSPS) is 17.6. The number of alkyl halides is 1. The molecule has 1 fully saturated rings. The van der Waals surface area contributed by atoms with Crippen LogP contribution in [0, 0.1) is 0 Å². The first-order chi connectivity index (χ1) is 9.33. The Kier molecular flexibility index (Phi) is 5.95. The van der Waals surface area contributed by atoms with Crippen LogP contribution < -0.4 is 4.74 Å². The number of benzene rings is 1. The van der Waals surface area contributed by atoms with E-state index in [0.29, 0.717) is 18.6 Å². The van der Waals surface area contributed by atoms with Gasteiger partial charge in [-0.3, -0.25) is 4.90 Å². The van der Waals surface area contributed by atoms with Crippen molar-refractivity contribution >= 4 is 11.6 Å². The van der Waals surface area contributed by atoms with Crippen LogP contribution in [0.5, 0.6) is 5.75 Å². The van der Waals surface area contributed by atoms with Gasteiger partial charge in [0.1, 0.15) is 5.75 Å². The van der Waals surface area contributed by atoms with Crippen molar-refractivity contribution in [2.75, 3.05) is 32.7 Å². The number of halogens is 1. The molecule has 19 heavy (non-hydrogen) atoms. The fraction of sp³-hybridized carbons (Fsp3) is 0.600. The molecule has 0 unspecified atom stereocenters. The number of rotatable bonds is 6. The molecule has 0 radical (unpaired) electrons. The summed E-state index contributed by atoms with van der Waals surface area (Å²) in [4.78, 5) is 2.46. The molecule has 4 heteroatoms. The molecule has 1 saturated heterocycles. The lowest BCUT2D eigenvalue weighted by Gasteiger charge is -2.32. The predicted molar refractivity (Wildman–Crippen MR) is 78.0 cm³/mol. The Morgan fingerprint density at radius 2 is 2.00 bits per heavy atom. The summed E-state index contributed by atoms with van der Waals surface area (Å²) in [7, 11) is 1.73. The second-order valence-corrected chi connectivity index (χ2v) is 5.23. The maximum atomic E-state index is 5.69. The van der Waals surface area contributed by atoms with Crippen molar-refractivity contribution in [3.63, 3.8) is 0 Å². The molecule has 1 heterocycles. The maximum absolute atomic E-state index is 5.69. The minimum atomic E-state index is 0.382. The largest absolute Gasteiger partial charge is 0.496 e. The average Bonchev–Trinajstić information content (AvgIpc) is 2.47. The summed E-state index contributed by atoms with van der Waals surface area (Å²) in [6.45, 7) is 3.76. The van der Waals surface area contributed by atoms with Crippen LogP contribution >= 0.6 is 11.6 Å². The number of methoxy groups -OCH3 is 1. The van der Waals surface area contributed by atoms with E-state index in [4.69, 9.17) is 21.1 Å². The predicted octanol–water partition coefficient (Wildman–Crippen LogP) is 2.92. The van der Waals surface area contributed by atoms with E-state index in [9.17, 15) is 0 Å². The molecular formula is C15H22ClNO2. The first kappa shape index (κ1) is 14.6. The Morgan fingerprint density at radius 3 is 2.68 bits per heavy atom. The highest BCUT2D eigenvalue weighted by Crippen LogP contribution is 2.22. The maximum Gasteiger partial charge on any atom is 0.123 e. The molecule has 0 bridgehead atoms. The van der Waals surface area contributed by atoms with Crippen molar-refractivity contribution in [1.29, 1.82) is 0 Å². The van der Waals surface area contributed by atoms with Crippen LogP contribution in [0.4, 0.5) is 0 Å². The van der Waals surface area contributed by atoms with Crippen molar-refractivity contribution in [1.82, 2.24) is 4.90 Å². The molecule has 106 valence electrons. The fourth-order valence-electron chi connectivity index (χ4n) is 2.52. The van der Waals surface area contributed by atoms with Gasteiger partial charge in [-0.05, 0) is 18.9 Å². The minimum absolute atomic E-state index is 0.382. The number of hydrogen-bond acceptors (Lipinski definition) is 3. The standard InChI is InChI=1S/C15H22ClNO2/c1-18-15-5-3-2-4-13(15)12-17-9-6-14(7-10-17)19-11-8-16/h2-5,14H,6-12H2,1H3. The van der Waals surface area contributed by atoms with Gasteiger partial charge in [0, 0.05) is 31.1 Å². The van der Waals surface area contributed by atoms with E-state index in [1.807, 2.05) is 12.1 Å². The zero-order valence-corrected chi connectivity index (χ0v) is 12.2. The van der Waals surface area contributed by atoms with Gasteiger partial charge in [-0.15, -0.1) is 11.6 Å². The number of likely N-dealkylation sites (tertiary alicyclic amines) is 1. The van der Waals surface area contributed by atoms with Crippen molar-refractivity contribution in [3.05, 3.63) is 29.8 Å². The van der Waals surface area contributed by atoms with Crippen LogP contribution in [-0.4, -0.2) is 43.7 Å². The SMILES string of the molecule is COc1ccccc1CN1CCC(OCCCl)CC1. The summed E-state index contributed by atoms with van der Waals surface area (Å²) >= 11 is 5.64. The summed E-state index contributed by atoms with van der Waals surface area (Å²) in [6, 6.07) is 8.23. The molecule has 0 aromatic heterocycles. The second kappa shape index (κ2) is 7.73. The quantitative estimate of drug-likeness (QED) is 0.750. The van der Waals surface area contributed by atoms with Gasteiger partial charge in [-0.1, -0.05) is 18.2 Å². The van der Waals surface area contributed by atoms with E-state index in [2.05, 4.69) is 17.0 Å². The molecule has 0 spiro atoms. The van der Waals surface area contributed by atoms with Gasteiger partial charge >= 0.3 is 0 Å². The van der Waals surface area contributed by atoms with E-state index in [0.717, 1.165) is 38.2 Å². The monoisotopic (exact) mass is 283 g/mol. The van der Waals surface area contributed by atoms with Crippen LogP contribution in [0.15, 0.2) is 24.3 Å². The molecule has 0 N–H and O–H groups in total. The molecule has 1 aromatic rings. The summed E-state index contributed by atoms with van der Waals surface area (Å²) < 4.78 is 11.1. The van der Waals surface area contributed by atoms with Gasteiger partial charge in [-0.2, -0.15) is 0 Å². The zero-order valence-electron chi connectivity index (χ0n) is 11.5. The molecular weight excluding hydrogens is 262 g/mol. The van der Waals surface area contributed by atoms with Crippen LogP contribution in [0.1, 0.15) is 18.4 Å². The highest BCUT2D eigenvalue weighted by atomic mass is 35.5. The fourth-order valence-corrected chi connectivity index (χ4v) is 2.61. The third kappa shape index (κ3) is 4.37. The number of para-hydroxylation sites is 1. The van der Waals surface area contributed by atoms with E-state index in [-0.39, 0.29) is 0 Å². The third-order valence-electron chi connectivity index (χ3n) is 3.55. The number of nitrogens with zero attached hydrogens (tertiary/aromatic N) is 1. The minimum Gasteiger partial charge on any atom is -0.496 e. The molecule has 0 aliphatic carbocycles. The number of piperidine rings is 1. The summed E-state index contributed by atoms with van der Waals surface area (Å²) in [5, 5.41) is 0. The third-order valence-corrected chi connectivity index (χ3v) is 3.71. The Bertz CT molecular complexity index is 378. The molecule has 0 amide bonds. The van der Waals surface area contributed by atoms with E-state index < -0.39 is 0 Å². The number of ether oxygens (including phenoxy) is 2. The lowest BCUT2D eigenvalue weighted by molar-refractivity contribution is 0.0133. The zero-order chi connectivity index (χ0) is 13.5. The van der Waals surface area contributed by atoms with Gasteiger partial charge in [0.15, 0.2) is 0 Å². The van der Waals surface area contributed by atoms with E-state index >= 15 is 0 Å². The van der Waals surface area contributed by atoms with Crippen LogP contribution in [0.2, 0.25) is 0 Å². The molecule has 1 aromatic carbocycles. The Balaban J connectivity index is 1.82. The molecule has 3 nitrogen and oxygen atoms in total. The first-order valence-electron chi connectivity index (χ1n) is 6.85. The lowest BCUT2D eigenvalue weighted by Crippen LogP contribution is -2.36. The Labute approximate surface area is 120 Å². The highest BCUT2D eigenvalue weighted by molar-refractivity contribution is 6.17. The molecule has 0 saturated carbocycles. The van der Waals surface area contributed by atoms with Crippen LogP contribution in [0.3, 0.4) is 0 Å². The van der Waals surface area contributed by atoms with Crippen molar-refractivity contribution in [3.8, 4) is 5.75 Å². The summed E-state index contributed by atoms with van der Waals surface area (Å²) in [5.74, 6) is 1.56. The number of hydrogen-bond donors (Lipinski definition) is 0. The van der Waals surface area contributed by atoms with Gasteiger partial charge in [-0.25, -0.2) is 0 Å². The molecule has 1 aliphatic rings.